The van der Waals surface area contributed by atoms with Crippen LogP contribution in [-0.2, 0) is 4.79 Å². The molecule has 0 bridgehead atoms. The number of aromatic nitrogens is 5. The van der Waals surface area contributed by atoms with E-state index in [0.29, 0.717) is 22.6 Å². The van der Waals surface area contributed by atoms with Gasteiger partial charge in [0.05, 0.1) is 17.7 Å². The first kappa shape index (κ1) is 20.0. The molecule has 0 fully saturated rings. The summed E-state index contributed by atoms with van der Waals surface area (Å²) in [5, 5.41) is 16.0. The van der Waals surface area contributed by atoms with Crippen LogP contribution < -0.4 is 5.32 Å². The third-order valence-corrected chi connectivity index (χ3v) is 5.49. The van der Waals surface area contributed by atoms with Crippen molar-refractivity contribution in [2.24, 2.45) is 0 Å². The van der Waals surface area contributed by atoms with E-state index in [1.54, 1.807) is 29.3 Å². The van der Waals surface area contributed by atoms with E-state index < -0.39 is 5.25 Å². The third kappa shape index (κ3) is 4.02. The Morgan fingerprint density at radius 2 is 1.87 bits per heavy atom. The van der Waals surface area contributed by atoms with Crippen molar-refractivity contribution in [2.75, 3.05) is 5.32 Å². The first-order valence-corrected chi connectivity index (χ1v) is 10.5. The molecule has 3 heterocycles. The number of carbonyl (C=O) groups is 1. The van der Waals surface area contributed by atoms with Gasteiger partial charge in [0, 0.05) is 17.8 Å². The Morgan fingerprint density at radius 1 is 1.07 bits per heavy atom. The number of nitrogens with zero attached hydrogens (tertiary/aromatic N) is 5. The van der Waals surface area contributed by atoms with Crippen molar-refractivity contribution < 1.29 is 9.21 Å². The van der Waals surface area contributed by atoms with Crippen molar-refractivity contribution in [2.45, 2.75) is 37.2 Å². The Bertz CT molecular complexity index is 1120. The zero-order chi connectivity index (χ0) is 21.1. The van der Waals surface area contributed by atoms with Gasteiger partial charge in [-0.3, -0.25) is 9.36 Å². The summed E-state index contributed by atoms with van der Waals surface area (Å²) in [6.45, 7) is 5.87. The minimum Gasteiger partial charge on any atom is -0.461 e. The summed E-state index contributed by atoms with van der Waals surface area (Å²) in [6, 6.07) is 15.3. The summed E-state index contributed by atoms with van der Waals surface area (Å²) < 4.78 is 9.20. The summed E-state index contributed by atoms with van der Waals surface area (Å²) in [4.78, 5) is 12.8. The van der Waals surface area contributed by atoms with Crippen LogP contribution in [0, 0.1) is 0 Å². The maximum absolute atomic E-state index is 12.8. The quantitative estimate of drug-likeness (QED) is 0.443. The molecule has 3 aromatic heterocycles. The fourth-order valence-corrected chi connectivity index (χ4v) is 3.85. The molecule has 1 unspecified atom stereocenters. The second kappa shape index (κ2) is 8.58. The molecule has 4 rings (SSSR count). The lowest BCUT2D eigenvalue weighted by atomic mass is 10.3. The van der Waals surface area contributed by atoms with Gasteiger partial charge >= 0.3 is 0 Å². The molecule has 8 nitrogen and oxygen atoms in total. The van der Waals surface area contributed by atoms with Gasteiger partial charge < -0.3 is 9.73 Å². The van der Waals surface area contributed by atoms with Crippen LogP contribution in [-0.4, -0.2) is 35.7 Å². The van der Waals surface area contributed by atoms with Gasteiger partial charge in [0.15, 0.2) is 10.9 Å². The van der Waals surface area contributed by atoms with Crippen LogP contribution in [0.4, 0.5) is 5.82 Å². The number of benzene rings is 1. The number of rotatable bonds is 7. The average molecular weight is 423 g/mol. The van der Waals surface area contributed by atoms with Crippen LogP contribution >= 0.6 is 11.8 Å². The lowest BCUT2D eigenvalue weighted by molar-refractivity contribution is -0.115. The van der Waals surface area contributed by atoms with E-state index in [9.17, 15) is 4.79 Å². The minimum absolute atomic E-state index is 0.135. The molecule has 0 aliphatic rings. The van der Waals surface area contributed by atoms with Crippen LogP contribution in [0.5, 0.6) is 0 Å². The van der Waals surface area contributed by atoms with Crippen LogP contribution in [0.15, 0.2) is 70.6 Å². The first-order valence-electron chi connectivity index (χ1n) is 9.60. The molecule has 0 radical (unpaired) electrons. The summed E-state index contributed by atoms with van der Waals surface area (Å²) in [6.07, 6.45) is 3.27. The number of hydrogen-bond acceptors (Lipinski definition) is 6. The fraction of sp³-hybridized carbons (Fsp3) is 0.238. The number of hydrogen-bond donors (Lipinski definition) is 1. The number of furan rings is 1. The number of anilines is 1. The highest BCUT2D eigenvalue weighted by Gasteiger charge is 2.23. The molecule has 30 heavy (non-hydrogen) atoms. The molecule has 1 aromatic carbocycles. The zero-order valence-corrected chi connectivity index (χ0v) is 17.7. The minimum atomic E-state index is -0.406. The molecule has 1 atom stereocenters. The van der Waals surface area contributed by atoms with E-state index in [-0.39, 0.29) is 11.9 Å². The van der Waals surface area contributed by atoms with Crippen molar-refractivity contribution >= 4 is 23.5 Å². The summed E-state index contributed by atoms with van der Waals surface area (Å²) in [5.74, 6) is 1.73. The van der Waals surface area contributed by atoms with Crippen molar-refractivity contribution in [1.82, 2.24) is 24.5 Å². The highest BCUT2D eigenvalue weighted by molar-refractivity contribution is 8.00. The van der Waals surface area contributed by atoms with Crippen LogP contribution in [0.3, 0.4) is 0 Å². The molecule has 0 aliphatic heterocycles. The van der Waals surface area contributed by atoms with E-state index >= 15 is 0 Å². The third-order valence-electron chi connectivity index (χ3n) is 4.45. The Labute approximate surface area is 178 Å². The maximum Gasteiger partial charge on any atom is 0.238 e. The molecule has 4 aromatic rings. The summed E-state index contributed by atoms with van der Waals surface area (Å²) in [5.41, 5.74) is 0.891. The topological polar surface area (TPSA) is 90.8 Å². The molecular weight excluding hydrogens is 400 g/mol. The van der Waals surface area contributed by atoms with Gasteiger partial charge in [-0.15, -0.1) is 10.2 Å². The lowest BCUT2D eigenvalue weighted by Gasteiger charge is -2.15. The predicted molar refractivity (Wildman–Crippen MR) is 116 cm³/mol. The van der Waals surface area contributed by atoms with Crippen molar-refractivity contribution in [3.8, 4) is 17.3 Å². The summed E-state index contributed by atoms with van der Waals surface area (Å²) in [7, 11) is 0. The van der Waals surface area contributed by atoms with E-state index in [2.05, 4.69) is 20.6 Å². The zero-order valence-electron chi connectivity index (χ0n) is 16.9. The molecule has 1 amide bonds. The van der Waals surface area contributed by atoms with Crippen molar-refractivity contribution in [1.29, 1.82) is 0 Å². The van der Waals surface area contributed by atoms with Gasteiger partial charge in [-0.1, -0.05) is 30.0 Å². The first-order chi connectivity index (χ1) is 14.5. The molecule has 0 aliphatic carbocycles. The van der Waals surface area contributed by atoms with Crippen molar-refractivity contribution in [3.63, 3.8) is 0 Å². The molecule has 0 saturated heterocycles. The smallest absolute Gasteiger partial charge is 0.238 e. The number of thioether (sulfide) groups is 1. The Hall–Kier alpha value is -3.33. The number of amides is 1. The van der Waals surface area contributed by atoms with Crippen LogP contribution in [0.25, 0.3) is 17.3 Å². The highest BCUT2D eigenvalue weighted by atomic mass is 32.2. The van der Waals surface area contributed by atoms with Crippen molar-refractivity contribution in [3.05, 3.63) is 61.0 Å². The van der Waals surface area contributed by atoms with Gasteiger partial charge in [0.2, 0.25) is 11.7 Å². The Morgan fingerprint density at radius 3 is 2.57 bits per heavy atom. The van der Waals surface area contributed by atoms with Gasteiger partial charge in [-0.2, -0.15) is 5.10 Å². The monoisotopic (exact) mass is 422 g/mol. The highest BCUT2D eigenvalue weighted by Crippen LogP contribution is 2.30. The lowest BCUT2D eigenvalue weighted by Crippen LogP contribution is -2.25. The Kier molecular flexibility index (Phi) is 5.71. The van der Waals surface area contributed by atoms with E-state index in [1.807, 2.05) is 61.7 Å². The van der Waals surface area contributed by atoms with Crippen LogP contribution in [0.2, 0.25) is 0 Å². The second-order valence-electron chi connectivity index (χ2n) is 6.96. The number of para-hydroxylation sites is 1. The van der Waals surface area contributed by atoms with E-state index in [1.165, 1.54) is 11.8 Å². The van der Waals surface area contributed by atoms with Gasteiger partial charge in [0.1, 0.15) is 5.82 Å². The molecule has 1 N–H and O–H groups in total. The van der Waals surface area contributed by atoms with E-state index in [4.69, 9.17) is 4.42 Å². The van der Waals surface area contributed by atoms with Gasteiger partial charge in [-0.05, 0) is 45.0 Å². The Balaban J connectivity index is 1.60. The second-order valence-corrected chi connectivity index (χ2v) is 8.27. The molecule has 154 valence electrons. The molecule has 9 heteroatoms. The standard InChI is InChI=1S/C21H22N6O2S/c1-14(2)27-18(11-12-22-27)23-20(28)15(3)30-21-25-24-19(17-10-7-13-29-17)26(21)16-8-5-4-6-9-16/h4-15H,1-3H3,(H,23,28). The fourth-order valence-electron chi connectivity index (χ4n) is 2.99. The van der Waals surface area contributed by atoms with Gasteiger partial charge in [0.25, 0.3) is 0 Å². The normalized spacial score (nSPS) is 12.3. The SMILES string of the molecule is CC(Sc1nnc(-c2ccco2)n1-c1ccccc1)C(=O)Nc1ccnn1C(C)C. The largest absolute Gasteiger partial charge is 0.461 e. The number of nitrogens with one attached hydrogen (secondary N) is 1. The predicted octanol–water partition coefficient (Wildman–Crippen LogP) is 4.42. The number of carbonyl (C=O) groups excluding carboxylic acids is 1. The maximum atomic E-state index is 12.8. The molecular formula is C21H22N6O2S. The van der Waals surface area contributed by atoms with E-state index in [0.717, 1.165) is 5.69 Å². The van der Waals surface area contributed by atoms with Crippen LogP contribution in [0.1, 0.15) is 26.8 Å². The average Bonchev–Trinajstić information content (AvgIpc) is 3.49. The molecule has 0 spiro atoms. The summed E-state index contributed by atoms with van der Waals surface area (Å²) >= 11 is 1.33. The van der Waals surface area contributed by atoms with Gasteiger partial charge in [-0.25, -0.2) is 4.68 Å². The molecule has 0 saturated carbocycles.